The van der Waals surface area contributed by atoms with E-state index in [1.807, 2.05) is 43.3 Å². The number of likely N-dealkylation sites (N-methyl/N-ethyl adjacent to an activating group) is 1. The van der Waals surface area contributed by atoms with Crippen molar-refractivity contribution in [1.29, 1.82) is 0 Å². The molecule has 0 unspecified atom stereocenters. The lowest BCUT2D eigenvalue weighted by molar-refractivity contribution is -0.123. The first-order valence-electron chi connectivity index (χ1n) is 11.7. The number of pyridine rings is 3. The molecule has 5 aromatic rings. The maximum absolute atomic E-state index is 12.8. The topological polar surface area (TPSA) is 106 Å². The fraction of sp³-hybridized carbons (Fsp3) is 0.107. The molecule has 0 radical (unpaired) electrons. The molecular weight excluding hydrogens is 626 g/mol. The molecule has 196 valence electrons. The van der Waals surface area contributed by atoms with E-state index >= 15 is 0 Å². The van der Waals surface area contributed by atoms with Crippen LogP contribution in [-0.2, 0) is 4.79 Å². The van der Waals surface area contributed by atoms with Crippen LogP contribution in [0.2, 0.25) is 0 Å². The molecule has 5 heterocycles. The molecule has 0 aliphatic heterocycles. The summed E-state index contributed by atoms with van der Waals surface area (Å²) in [5.74, 6) is -0.228. The second kappa shape index (κ2) is 12.6. The monoisotopic (exact) mass is 647 g/mol. The summed E-state index contributed by atoms with van der Waals surface area (Å²) in [4.78, 5) is 42.2. The van der Waals surface area contributed by atoms with Gasteiger partial charge in [0.05, 0.1) is 17.5 Å². The van der Waals surface area contributed by atoms with Crippen LogP contribution >= 0.6 is 31.9 Å². The van der Waals surface area contributed by atoms with Gasteiger partial charge in [-0.25, -0.2) is 19.5 Å². The van der Waals surface area contributed by atoms with Crippen LogP contribution in [0.4, 0.5) is 0 Å². The van der Waals surface area contributed by atoms with Gasteiger partial charge in [-0.2, -0.15) is 5.10 Å². The van der Waals surface area contributed by atoms with Crippen molar-refractivity contribution in [2.45, 2.75) is 6.92 Å². The summed E-state index contributed by atoms with van der Waals surface area (Å²) in [6, 6.07) is 12.9. The number of ketones is 1. The SMILES string of the molecule is CN(C)C(=O)C=Cc1ccnc(Br)c1.Cc1ccc(C(=O)c2cnn3c(-c4ccnc(Br)c4)ccnc23)nc1. The van der Waals surface area contributed by atoms with E-state index in [0.717, 1.165) is 31.6 Å². The molecule has 0 bridgehead atoms. The van der Waals surface area contributed by atoms with Crippen molar-refractivity contribution in [1.82, 2.24) is 34.4 Å². The summed E-state index contributed by atoms with van der Waals surface area (Å²) in [6.07, 6.45) is 11.6. The van der Waals surface area contributed by atoms with Crippen LogP contribution in [0, 0.1) is 6.92 Å². The Bertz CT molecular complexity index is 1660. The maximum atomic E-state index is 12.8. The van der Waals surface area contributed by atoms with Gasteiger partial charge in [0.15, 0.2) is 5.65 Å². The highest BCUT2D eigenvalue weighted by Gasteiger charge is 2.18. The van der Waals surface area contributed by atoms with E-state index in [4.69, 9.17) is 0 Å². The second-order valence-corrected chi connectivity index (χ2v) is 10.1. The Morgan fingerprint density at radius 3 is 2.26 bits per heavy atom. The highest BCUT2D eigenvalue weighted by molar-refractivity contribution is 9.10. The first kappa shape index (κ1) is 27.9. The first-order chi connectivity index (χ1) is 18.7. The number of carbonyl (C=O) groups excluding carboxylic acids is 2. The highest BCUT2D eigenvalue weighted by Crippen LogP contribution is 2.23. The van der Waals surface area contributed by atoms with E-state index in [9.17, 15) is 9.59 Å². The molecule has 0 atom stereocenters. The number of hydrogen-bond donors (Lipinski definition) is 0. The van der Waals surface area contributed by atoms with Crippen LogP contribution < -0.4 is 0 Å². The molecule has 5 rings (SSSR count). The van der Waals surface area contributed by atoms with E-state index in [2.05, 4.69) is 56.9 Å². The van der Waals surface area contributed by atoms with Crippen LogP contribution in [0.1, 0.15) is 27.2 Å². The minimum atomic E-state index is -0.199. The lowest BCUT2D eigenvalue weighted by Gasteiger charge is -2.05. The second-order valence-electron chi connectivity index (χ2n) is 8.52. The van der Waals surface area contributed by atoms with Crippen LogP contribution in [0.5, 0.6) is 0 Å². The Balaban J connectivity index is 0.000000215. The van der Waals surface area contributed by atoms with Gasteiger partial charge in [0.2, 0.25) is 11.7 Å². The molecule has 0 aromatic carbocycles. The normalized spacial score (nSPS) is 10.8. The van der Waals surface area contributed by atoms with Crippen molar-refractivity contribution >= 4 is 55.3 Å². The highest BCUT2D eigenvalue weighted by atomic mass is 79.9. The van der Waals surface area contributed by atoms with E-state index < -0.39 is 0 Å². The maximum Gasteiger partial charge on any atom is 0.246 e. The van der Waals surface area contributed by atoms with E-state index in [-0.39, 0.29) is 11.7 Å². The number of halogens is 2. The Labute approximate surface area is 241 Å². The zero-order valence-electron chi connectivity index (χ0n) is 21.3. The van der Waals surface area contributed by atoms with Gasteiger partial charge in [-0.3, -0.25) is 14.6 Å². The summed E-state index contributed by atoms with van der Waals surface area (Å²) in [7, 11) is 3.43. The lowest BCUT2D eigenvalue weighted by atomic mass is 10.1. The largest absolute Gasteiger partial charge is 0.345 e. The molecule has 5 aromatic heterocycles. The van der Waals surface area contributed by atoms with Gasteiger partial charge < -0.3 is 4.90 Å². The van der Waals surface area contributed by atoms with Crippen molar-refractivity contribution < 1.29 is 9.59 Å². The zero-order valence-corrected chi connectivity index (χ0v) is 24.5. The Hall–Kier alpha value is -4.09. The van der Waals surface area contributed by atoms with E-state index in [1.54, 1.807) is 55.5 Å². The smallest absolute Gasteiger partial charge is 0.246 e. The van der Waals surface area contributed by atoms with Crippen molar-refractivity contribution in [3.63, 3.8) is 0 Å². The molecule has 1 amide bonds. The third kappa shape index (κ3) is 7.06. The molecule has 0 N–H and O–H groups in total. The van der Waals surface area contributed by atoms with Crippen molar-refractivity contribution in [3.8, 4) is 11.3 Å². The van der Waals surface area contributed by atoms with Gasteiger partial charge in [-0.15, -0.1) is 0 Å². The lowest BCUT2D eigenvalue weighted by Crippen LogP contribution is -2.18. The molecule has 0 aliphatic rings. The molecule has 11 heteroatoms. The quantitative estimate of drug-likeness (QED) is 0.142. The molecule has 0 aliphatic carbocycles. The molecule has 0 saturated heterocycles. The fourth-order valence-corrected chi connectivity index (χ4v) is 4.16. The van der Waals surface area contributed by atoms with Crippen LogP contribution in [0.15, 0.2) is 88.7 Å². The standard InChI is InChI=1S/C18H12BrN5O.C10H11BrN2O/c1-11-2-3-14(22-9-11)17(25)13-10-23-24-15(5-7-21-18(13)24)12-4-6-20-16(19)8-12;1-13(2)10(14)4-3-8-5-6-12-9(11)7-8/h2-10H,1H3;3-7H,1-2H3. The minimum absolute atomic E-state index is 0.0297. The number of nitrogens with zero attached hydrogens (tertiary/aromatic N) is 7. The average Bonchev–Trinajstić information content (AvgIpc) is 3.36. The first-order valence-corrected chi connectivity index (χ1v) is 13.2. The number of fused-ring (bicyclic) bond motifs is 1. The number of aryl methyl sites for hydroxylation is 1. The van der Waals surface area contributed by atoms with E-state index in [0.29, 0.717) is 16.9 Å². The van der Waals surface area contributed by atoms with Crippen LogP contribution in [0.3, 0.4) is 0 Å². The molecule has 39 heavy (non-hydrogen) atoms. The summed E-state index contributed by atoms with van der Waals surface area (Å²) >= 11 is 6.63. The van der Waals surface area contributed by atoms with Crippen LogP contribution in [0.25, 0.3) is 23.0 Å². The Kier molecular flexibility index (Phi) is 9.05. The van der Waals surface area contributed by atoms with Gasteiger partial charge >= 0.3 is 0 Å². The molecule has 0 fully saturated rings. The summed E-state index contributed by atoms with van der Waals surface area (Å²) in [5.41, 5.74) is 4.99. The summed E-state index contributed by atoms with van der Waals surface area (Å²) in [5, 5.41) is 4.36. The number of amides is 1. The molecule has 0 spiro atoms. The van der Waals surface area contributed by atoms with Crippen molar-refractivity contribution in [3.05, 3.63) is 111 Å². The number of hydrogen-bond acceptors (Lipinski definition) is 7. The predicted octanol–water partition coefficient (Wildman–Crippen LogP) is 5.43. The third-order valence-corrected chi connectivity index (χ3v) is 6.29. The molecule has 0 saturated carbocycles. The van der Waals surface area contributed by atoms with Crippen molar-refractivity contribution in [2.75, 3.05) is 14.1 Å². The third-order valence-electron chi connectivity index (χ3n) is 5.42. The minimum Gasteiger partial charge on any atom is -0.345 e. The van der Waals surface area contributed by atoms with Gasteiger partial charge in [0.1, 0.15) is 14.9 Å². The Morgan fingerprint density at radius 2 is 1.59 bits per heavy atom. The zero-order chi connectivity index (χ0) is 27.9. The summed E-state index contributed by atoms with van der Waals surface area (Å²) in [6.45, 7) is 1.93. The van der Waals surface area contributed by atoms with Gasteiger partial charge in [0, 0.05) is 50.5 Å². The average molecular weight is 649 g/mol. The fourth-order valence-electron chi connectivity index (χ4n) is 3.41. The Morgan fingerprint density at radius 1 is 0.872 bits per heavy atom. The number of carbonyl (C=O) groups is 2. The number of aromatic nitrogens is 6. The summed E-state index contributed by atoms with van der Waals surface area (Å²) < 4.78 is 3.14. The predicted molar refractivity (Wildman–Crippen MR) is 156 cm³/mol. The van der Waals surface area contributed by atoms with Crippen LogP contribution in [-0.4, -0.2) is 60.2 Å². The van der Waals surface area contributed by atoms with Gasteiger partial charge in [-0.1, -0.05) is 6.07 Å². The molecule has 9 nitrogen and oxygen atoms in total. The van der Waals surface area contributed by atoms with Crippen molar-refractivity contribution in [2.24, 2.45) is 0 Å². The molecular formula is C28H23Br2N7O2. The van der Waals surface area contributed by atoms with Gasteiger partial charge in [0.25, 0.3) is 0 Å². The van der Waals surface area contributed by atoms with Gasteiger partial charge in [-0.05, 0) is 92.4 Å². The number of rotatable bonds is 5. The van der Waals surface area contributed by atoms with E-state index in [1.165, 1.54) is 17.2 Å².